The van der Waals surface area contributed by atoms with Crippen LogP contribution in [0, 0.1) is 0 Å². The number of nitrogens with one attached hydrogen (secondary N) is 2. The second-order valence-corrected chi connectivity index (χ2v) is 5.98. The Labute approximate surface area is 153 Å². The van der Waals surface area contributed by atoms with E-state index < -0.39 is 0 Å². The molecule has 0 aliphatic rings. The Balaban J connectivity index is 1.90. The van der Waals surface area contributed by atoms with Gasteiger partial charge in [0.15, 0.2) is 5.82 Å². The molecule has 1 amide bonds. The van der Waals surface area contributed by atoms with Gasteiger partial charge in [-0.05, 0) is 18.2 Å². The Morgan fingerprint density at radius 3 is 2.78 bits per heavy atom. The van der Waals surface area contributed by atoms with E-state index in [-0.39, 0.29) is 17.1 Å². The summed E-state index contributed by atoms with van der Waals surface area (Å²) in [6.07, 6.45) is 0. The van der Waals surface area contributed by atoms with Gasteiger partial charge in [-0.15, -0.1) is 10.2 Å². The van der Waals surface area contributed by atoms with E-state index in [4.69, 9.17) is 4.74 Å². The van der Waals surface area contributed by atoms with Crippen LogP contribution >= 0.6 is 0 Å². The number of amides is 1. The number of carbonyl (C=O) groups is 1. The lowest BCUT2D eigenvalue weighted by molar-refractivity contribution is 0.0937. The van der Waals surface area contributed by atoms with Crippen LogP contribution in [0.3, 0.4) is 0 Å². The van der Waals surface area contributed by atoms with E-state index in [0.29, 0.717) is 35.6 Å². The van der Waals surface area contributed by atoms with E-state index in [1.165, 1.54) is 0 Å². The molecular formula is C19H17N5O3. The van der Waals surface area contributed by atoms with Crippen molar-refractivity contribution in [2.45, 2.75) is 0 Å². The summed E-state index contributed by atoms with van der Waals surface area (Å²) in [5.74, 6) is 0.321. The number of ether oxygens (including phenoxy) is 1. The minimum Gasteiger partial charge on any atom is -0.383 e. The standard InChI is InChI=1S/C19H17N5O3/c1-27-10-9-20-18(25)13-7-8-14-15(11-13)24-16(12-5-3-2-4-6-12)22-23-17(24)19(26)21-14/h2-8,11H,9-10H2,1H3,(H,20,25)(H,21,26). The van der Waals surface area contributed by atoms with Gasteiger partial charge < -0.3 is 15.0 Å². The first-order valence-electron chi connectivity index (χ1n) is 8.43. The minimum atomic E-state index is -0.338. The lowest BCUT2D eigenvalue weighted by Crippen LogP contribution is -2.27. The van der Waals surface area contributed by atoms with Crippen LogP contribution in [0.4, 0.5) is 0 Å². The van der Waals surface area contributed by atoms with Crippen molar-refractivity contribution in [2.24, 2.45) is 0 Å². The summed E-state index contributed by atoms with van der Waals surface area (Å²) in [7, 11) is 1.58. The monoisotopic (exact) mass is 363 g/mol. The van der Waals surface area contributed by atoms with E-state index in [1.54, 1.807) is 29.7 Å². The third-order valence-electron chi connectivity index (χ3n) is 4.24. The van der Waals surface area contributed by atoms with Gasteiger partial charge >= 0.3 is 0 Å². The van der Waals surface area contributed by atoms with E-state index in [9.17, 15) is 9.59 Å². The predicted octanol–water partition coefficient (Wildman–Crippen LogP) is 1.61. The fourth-order valence-corrected chi connectivity index (χ4v) is 2.94. The van der Waals surface area contributed by atoms with Crippen LogP contribution in [-0.2, 0) is 4.74 Å². The molecule has 2 aromatic heterocycles. The molecule has 0 aliphatic carbocycles. The Morgan fingerprint density at radius 2 is 2.00 bits per heavy atom. The SMILES string of the molecule is COCCNC(=O)c1ccc2[nH]c(=O)c3nnc(-c4ccccc4)n3c2c1. The first-order chi connectivity index (χ1) is 13.2. The zero-order valence-electron chi connectivity index (χ0n) is 14.6. The third-order valence-corrected chi connectivity index (χ3v) is 4.24. The summed E-state index contributed by atoms with van der Waals surface area (Å²) in [4.78, 5) is 27.5. The number of aromatic nitrogens is 4. The molecule has 0 aliphatic heterocycles. The van der Waals surface area contributed by atoms with Gasteiger partial charge in [0.2, 0.25) is 5.65 Å². The molecule has 0 saturated heterocycles. The highest BCUT2D eigenvalue weighted by Gasteiger charge is 2.15. The average molecular weight is 363 g/mol. The fourth-order valence-electron chi connectivity index (χ4n) is 2.94. The van der Waals surface area contributed by atoms with Gasteiger partial charge in [0.05, 0.1) is 17.6 Å². The Kier molecular flexibility index (Phi) is 4.39. The molecule has 0 saturated carbocycles. The van der Waals surface area contributed by atoms with Crippen molar-refractivity contribution in [3.05, 3.63) is 64.4 Å². The van der Waals surface area contributed by atoms with Crippen molar-refractivity contribution in [3.8, 4) is 11.4 Å². The Morgan fingerprint density at radius 1 is 1.19 bits per heavy atom. The first-order valence-corrected chi connectivity index (χ1v) is 8.43. The lowest BCUT2D eigenvalue weighted by Gasteiger charge is -2.08. The highest BCUT2D eigenvalue weighted by atomic mass is 16.5. The second kappa shape index (κ2) is 7.00. The van der Waals surface area contributed by atoms with Gasteiger partial charge in [0.25, 0.3) is 11.5 Å². The van der Waals surface area contributed by atoms with Gasteiger partial charge in [0.1, 0.15) is 0 Å². The van der Waals surface area contributed by atoms with Crippen LogP contribution in [0.1, 0.15) is 10.4 Å². The van der Waals surface area contributed by atoms with Crippen LogP contribution in [0.25, 0.3) is 28.1 Å². The molecule has 4 aromatic rings. The van der Waals surface area contributed by atoms with Crippen LogP contribution in [0.2, 0.25) is 0 Å². The number of benzene rings is 2. The van der Waals surface area contributed by atoms with Crippen molar-refractivity contribution in [2.75, 3.05) is 20.3 Å². The molecule has 0 bridgehead atoms. The van der Waals surface area contributed by atoms with Gasteiger partial charge in [-0.3, -0.25) is 14.0 Å². The maximum absolute atomic E-state index is 12.4. The van der Waals surface area contributed by atoms with E-state index in [0.717, 1.165) is 5.56 Å². The molecule has 4 rings (SSSR count). The highest BCUT2D eigenvalue weighted by molar-refractivity contribution is 5.97. The molecule has 2 aromatic carbocycles. The molecular weight excluding hydrogens is 346 g/mol. The molecule has 2 heterocycles. The van der Waals surface area contributed by atoms with Crippen molar-refractivity contribution in [1.29, 1.82) is 0 Å². The van der Waals surface area contributed by atoms with Gasteiger partial charge in [-0.25, -0.2) is 0 Å². The summed E-state index contributed by atoms with van der Waals surface area (Å²) in [6, 6.07) is 14.6. The average Bonchev–Trinajstić information content (AvgIpc) is 3.15. The molecule has 2 N–H and O–H groups in total. The summed E-state index contributed by atoms with van der Waals surface area (Å²) in [6.45, 7) is 0.844. The third kappa shape index (κ3) is 3.06. The van der Waals surface area contributed by atoms with Crippen molar-refractivity contribution < 1.29 is 9.53 Å². The minimum absolute atomic E-state index is 0.179. The number of fused-ring (bicyclic) bond motifs is 3. The van der Waals surface area contributed by atoms with Crippen LogP contribution in [0.15, 0.2) is 53.3 Å². The van der Waals surface area contributed by atoms with E-state index in [2.05, 4.69) is 20.5 Å². The number of nitrogens with zero attached hydrogens (tertiary/aromatic N) is 3. The zero-order valence-corrected chi connectivity index (χ0v) is 14.6. The van der Waals surface area contributed by atoms with Crippen LogP contribution in [-0.4, -0.2) is 45.8 Å². The lowest BCUT2D eigenvalue weighted by atomic mass is 10.1. The molecule has 136 valence electrons. The first kappa shape index (κ1) is 16.9. The normalized spacial score (nSPS) is 11.1. The number of aromatic amines is 1. The highest BCUT2D eigenvalue weighted by Crippen LogP contribution is 2.22. The molecule has 0 radical (unpaired) electrons. The van der Waals surface area contributed by atoms with Crippen LogP contribution in [0.5, 0.6) is 0 Å². The maximum Gasteiger partial charge on any atom is 0.294 e. The summed E-state index contributed by atoms with van der Waals surface area (Å²) in [5, 5.41) is 11.0. The smallest absolute Gasteiger partial charge is 0.294 e. The molecule has 0 fully saturated rings. The predicted molar refractivity (Wildman–Crippen MR) is 101 cm³/mol. The molecule has 0 spiro atoms. The van der Waals surface area contributed by atoms with E-state index in [1.807, 2.05) is 30.3 Å². The zero-order chi connectivity index (χ0) is 18.8. The topological polar surface area (TPSA) is 101 Å². The van der Waals surface area contributed by atoms with E-state index >= 15 is 0 Å². The summed E-state index contributed by atoms with van der Waals surface area (Å²) >= 11 is 0. The van der Waals surface area contributed by atoms with Crippen molar-refractivity contribution in [3.63, 3.8) is 0 Å². The van der Waals surface area contributed by atoms with Gasteiger partial charge in [-0.1, -0.05) is 30.3 Å². The van der Waals surface area contributed by atoms with Crippen molar-refractivity contribution in [1.82, 2.24) is 24.9 Å². The largest absolute Gasteiger partial charge is 0.383 e. The summed E-state index contributed by atoms with van der Waals surface area (Å²) < 4.78 is 6.62. The molecule has 0 unspecified atom stereocenters. The number of carbonyl (C=O) groups excluding carboxylic acids is 1. The van der Waals surface area contributed by atoms with Crippen molar-refractivity contribution >= 4 is 22.6 Å². The molecule has 8 nitrogen and oxygen atoms in total. The quantitative estimate of drug-likeness (QED) is 0.525. The molecule has 0 atom stereocenters. The second-order valence-electron chi connectivity index (χ2n) is 5.98. The van der Waals surface area contributed by atoms with Gasteiger partial charge in [0, 0.05) is 24.8 Å². The number of H-pyrrole nitrogens is 1. The number of methoxy groups -OCH3 is 1. The van der Waals surface area contributed by atoms with Gasteiger partial charge in [-0.2, -0.15) is 0 Å². The Hall–Kier alpha value is -3.52. The maximum atomic E-state index is 12.4. The molecule has 27 heavy (non-hydrogen) atoms. The number of hydrogen-bond acceptors (Lipinski definition) is 5. The summed E-state index contributed by atoms with van der Waals surface area (Å²) in [5.41, 5.74) is 2.38. The fraction of sp³-hybridized carbons (Fsp3) is 0.158. The number of rotatable bonds is 5. The molecule has 8 heteroatoms. The number of hydrogen-bond donors (Lipinski definition) is 2. The van der Waals surface area contributed by atoms with Crippen LogP contribution < -0.4 is 10.9 Å². The Bertz CT molecular complexity index is 1180.